The fourth-order valence-corrected chi connectivity index (χ4v) is 9.32. The van der Waals surface area contributed by atoms with Crippen LogP contribution in [0.3, 0.4) is 0 Å². The zero-order valence-corrected chi connectivity index (χ0v) is 37.7. The van der Waals surface area contributed by atoms with Crippen molar-refractivity contribution in [2.24, 2.45) is 0 Å². The number of hydrogen-bond acceptors (Lipinski definition) is 10. The van der Waals surface area contributed by atoms with Gasteiger partial charge in [0.1, 0.15) is 11.4 Å². The van der Waals surface area contributed by atoms with Gasteiger partial charge < -0.3 is 18.9 Å². The van der Waals surface area contributed by atoms with E-state index >= 15 is 0 Å². The molecule has 4 aromatic heterocycles. The molecule has 0 radical (unpaired) electrons. The lowest BCUT2D eigenvalue weighted by Crippen LogP contribution is -2.38. The van der Waals surface area contributed by atoms with E-state index < -0.39 is 0 Å². The largest absolute Gasteiger partial charge is 0.493 e. The second-order valence-electron chi connectivity index (χ2n) is 15.4. The van der Waals surface area contributed by atoms with Crippen LogP contribution in [0.2, 0.25) is 0 Å². The standard InChI is InChI=1S/C47H50N8O4S2/c1-26(2)30-11-15-32(16-12-30)42-36-23-40(58-9)38(56-7)21-34(36)19-28(5)54(42)44-48-46(52-50-44)60-25-61-47-49-45(51-53-47)55-29(6)20-35-22-39(57-8)41(59-10)24-37(35)43(55)33-17-13-31(14-18-33)27(3)4/h11-24,26-27H,25H2,1-10H3,(H,48,50,52)(H,49,51,53)/q+2. The molecule has 0 atom stereocenters. The summed E-state index contributed by atoms with van der Waals surface area (Å²) in [6.45, 7) is 12.9. The van der Waals surface area contributed by atoms with E-state index in [4.69, 9.17) is 28.9 Å². The van der Waals surface area contributed by atoms with Gasteiger partial charge in [-0.05, 0) is 93.9 Å². The number of nitrogens with zero attached hydrogens (tertiary/aromatic N) is 6. The van der Waals surface area contributed by atoms with Gasteiger partial charge in [0, 0.05) is 21.9 Å². The Morgan fingerprint density at radius 3 is 1.23 bits per heavy atom. The summed E-state index contributed by atoms with van der Waals surface area (Å²) in [6, 6.07) is 29.8. The summed E-state index contributed by atoms with van der Waals surface area (Å²) < 4.78 is 27.1. The maximum atomic E-state index is 5.75. The molecule has 0 saturated heterocycles. The van der Waals surface area contributed by atoms with Crippen LogP contribution in [-0.2, 0) is 0 Å². The summed E-state index contributed by atoms with van der Waals surface area (Å²) in [6.07, 6.45) is 0. The molecule has 4 aromatic carbocycles. The lowest BCUT2D eigenvalue weighted by atomic mass is 9.97. The average Bonchev–Trinajstić information content (AvgIpc) is 3.94. The van der Waals surface area contributed by atoms with E-state index in [1.54, 1.807) is 28.4 Å². The van der Waals surface area contributed by atoms with Crippen molar-refractivity contribution in [2.75, 3.05) is 33.5 Å². The number of H-pyrrole nitrogens is 2. The number of rotatable bonds is 14. The van der Waals surface area contributed by atoms with Crippen LogP contribution in [0.5, 0.6) is 23.0 Å². The first-order chi connectivity index (χ1) is 29.5. The molecule has 0 spiro atoms. The first-order valence-electron chi connectivity index (χ1n) is 20.1. The van der Waals surface area contributed by atoms with Gasteiger partial charge >= 0.3 is 11.9 Å². The highest BCUT2D eigenvalue weighted by Gasteiger charge is 2.28. The molecule has 61 heavy (non-hydrogen) atoms. The molecule has 8 aromatic rings. The Bertz CT molecular complexity index is 2680. The van der Waals surface area contributed by atoms with Crippen molar-refractivity contribution >= 4 is 45.1 Å². The highest BCUT2D eigenvalue weighted by molar-refractivity contribution is 8.15. The van der Waals surface area contributed by atoms with Crippen LogP contribution in [0.15, 0.2) is 95.2 Å². The number of fused-ring (bicyclic) bond motifs is 2. The first kappa shape index (κ1) is 41.6. The van der Waals surface area contributed by atoms with Gasteiger partial charge in [0.2, 0.25) is 0 Å². The van der Waals surface area contributed by atoms with E-state index in [9.17, 15) is 0 Å². The Hall–Kier alpha value is -6.12. The quantitative estimate of drug-likeness (QED) is 0.0620. The molecule has 0 aliphatic rings. The molecule has 0 unspecified atom stereocenters. The number of methoxy groups -OCH3 is 4. The number of aryl methyl sites for hydroxylation is 2. The molecule has 14 heteroatoms. The van der Waals surface area contributed by atoms with Gasteiger partial charge in [-0.25, -0.2) is 0 Å². The van der Waals surface area contributed by atoms with Crippen LogP contribution >= 0.6 is 23.5 Å². The molecule has 0 fully saturated rings. The van der Waals surface area contributed by atoms with E-state index in [-0.39, 0.29) is 0 Å². The summed E-state index contributed by atoms with van der Waals surface area (Å²) in [4.78, 5) is 9.98. The van der Waals surface area contributed by atoms with Gasteiger partial charge in [-0.3, -0.25) is 0 Å². The lowest BCUT2D eigenvalue weighted by Gasteiger charge is -2.16. The van der Waals surface area contributed by atoms with Crippen LogP contribution in [0.4, 0.5) is 0 Å². The number of hydrogen-bond donors (Lipinski definition) is 2. The molecular formula is C47H50N8O4S2+2. The Labute approximate surface area is 364 Å². The molecule has 2 N–H and O–H groups in total. The van der Waals surface area contributed by atoms with Gasteiger partial charge in [0.15, 0.2) is 23.0 Å². The van der Waals surface area contributed by atoms with Crippen LogP contribution < -0.4 is 28.1 Å². The molecule has 0 amide bonds. The molecule has 0 bridgehead atoms. The van der Waals surface area contributed by atoms with E-state index in [0.717, 1.165) is 55.4 Å². The van der Waals surface area contributed by atoms with Crippen molar-refractivity contribution in [3.8, 4) is 57.4 Å². The summed E-state index contributed by atoms with van der Waals surface area (Å²) in [5.41, 5.74) is 8.52. The third-order valence-electron chi connectivity index (χ3n) is 10.9. The van der Waals surface area contributed by atoms with Crippen molar-refractivity contribution in [3.05, 3.63) is 107 Å². The van der Waals surface area contributed by atoms with Crippen molar-refractivity contribution in [1.29, 1.82) is 0 Å². The first-order valence-corrected chi connectivity index (χ1v) is 22.0. The predicted octanol–water partition coefficient (Wildman–Crippen LogP) is 9.86. The molecule has 4 heterocycles. The summed E-state index contributed by atoms with van der Waals surface area (Å²) >= 11 is 3.02. The Kier molecular flexibility index (Phi) is 11.9. The Balaban J connectivity index is 1.10. The van der Waals surface area contributed by atoms with Crippen molar-refractivity contribution < 1.29 is 28.1 Å². The van der Waals surface area contributed by atoms with Crippen molar-refractivity contribution in [1.82, 2.24) is 30.4 Å². The second kappa shape index (κ2) is 17.5. The van der Waals surface area contributed by atoms with Gasteiger partial charge in [0.05, 0.1) is 44.9 Å². The van der Waals surface area contributed by atoms with Crippen LogP contribution in [0, 0.1) is 13.8 Å². The van der Waals surface area contributed by atoms with Gasteiger partial charge in [-0.2, -0.15) is 9.13 Å². The fraction of sp³-hybridized carbons (Fsp3) is 0.277. The molecule has 0 aliphatic heterocycles. The summed E-state index contributed by atoms with van der Waals surface area (Å²) in [5.74, 6) is 4.69. The van der Waals surface area contributed by atoms with Gasteiger partial charge in [0.25, 0.3) is 10.3 Å². The maximum Gasteiger partial charge on any atom is 0.423 e. The zero-order valence-electron chi connectivity index (χ0n) is 36.1. The third-order valence-corrected chi connectivity index (χ3v) is 12.7. The predicted molar refractivity (Wildman–Crippen MR) is 242 cm³/mol. The van der Waals surface area contributed by atoms with Crippen LogP contribution in [0.1, 0.15) is 62.0 Å². The summed E-state index contributed by atoms with van der Waals surface area (Å²) in [5, 5.41) is 21.6. The Morgan fingerprint density at radius 1 is 0.525 bits per heavy atom. The average molecular weight is 855 g/mol. The number of thioether (sulfide) groups is 2. The highest BCUT2D eigenvalue weighted by Crippen LogP contribution is 2.39. The lowest BCUT2D eigenvalue weighted by molar-refractivity contribution is -0.597. The van der Waals surface area contributed by atoms with Crippen LogP contribution in [-0.4, -0.2) is 63.9 Å². The third kappa shape index (κ3) is 8.09. The maximum absolute atomic E-state index is 5.75. The topological polar surface area (TPSA) is 128 Å². The molecular weight excluding hydrogens is 805 g/mol. The van der Waals surface area contributed by atoms with E-state index in [2.05, 4.69) is 132 Å². The molecule has 312 valence electrons. The van der Waals surface area contributed by atoms with Crippen LogP contribution in [0.25, 0.3) is 56.0 Å². The second-order valence-corrected chi connectivity index (χ2v) is 17.6. The van der Waals surface area contributed by atoms with E-state index in [1.807, 2.05) is 24.3 Å². The van der Waals surface area contributed by atoms with Crippen molar-refractivity contribution in [3.63, 3.8) is 0 Å². The fourth-order valence-electron chi connectivity index (χ4n) is 7.72. The molecule has 0 aliphatic carbocycles. The number of pyridine rings is 2. The minimum atomic E-state index is 0.413. The van der Waals surface area contributed by atoms with E-state index in [1.165, 1.54) is 34.7 Å². The molecule has 12 nitrogen and oxygen atoms in total. The number of ether oxygens (including phenoxy) is 4. The van der Waals surface area contributed by atoms with E-state index in [0.29, 0.717) is 62.1 Å². The van der Waals surface area contributed by atoms with Crippen molar-refractivity contribution in [2.45, 2.75) is 63.7 Å². The highest BCUT2D eigenvalue weighted by atomic mass is 32.2. The molecule has 0 saturated carbocycles. The smallest absolute Gasteiger partial charge is 0.423 e. The minimum absolute atomic E-state index is 0.413. The zero-order chi connectivity index (χ0) is 42.9. The monoisotopic (exact) mass is 854 g/mol. The SMILES string of the molecule is COc1cc2cc(C)[n+](-c3nc(SCSc4n[nH]c(-[n+]5c(C)cc6cc(OC)c(OC)cc6c5-c5ccc(C(C)C)cc5)n4)n[nH]3)c(-c3ccc(C(C)C)cc3)c2cc1OC. The summed E-state index contributed by atoms with van der Waals surface area (Å²) in [7, 11) is 6.62. The number of nitrogens with one attached hydrogen (secondary N) is 2. The minimum Gasteiger partial charge on any atom is -0.493 e. The van der Waals surface area contributed by atoms with Gasteiger partial charge in [-0.1, -0.05) is 110 Å². The number of benzene rings is 4. The van der Waals surface area contributed by atoms with Gasteiger partial charge in [-0.15, -0.1) is 10.2 Å². The normalized spacial score (nSPS) is 11.6. The number of aromatic amines is 2. The number of aromatic nitrogens is 8. The molecule has 8 rings (SSSR count). The Morgan fingerprint density at radius 2 is 0.885 bits per heavy atom.